The van der Waals surface area contributed by atoms with Gasteiger partial charge in [-0.1, -0.05) is 73.2 Å². The number of ether oxygens (including phenoxy) is 3. The standard InChI is InChI=1S/C34H51IN2O7/c1-20(2)6-11-31(39)37-28-12-22(4)29(43-23(28)5)9-7-21(3)8-10-30-33(41)34(19-42-34)17-27(44-30)16-26(38)15-24-13-25(14-24)36-32(40)18-35/h6-8,10-11,20,22-25,27-30,33,41H,9,12-19H2,1-5H3,(H,36,40)(H,37,39)/b10-8+,11-6-,21-7+/t22-,23+,24?,25?,27+,28+,29-,30+,33+,34+/m0/s1. The van der Waals surface area contributed by atoms with Crippen molar-refractivity contribution in [3.63, 3.8) is 0 Å². The number of aliphatic hydroxyl groups excluding tert-OH is 1. The minimum atomic E-state index is -0.781. The Hall–Kier alpha value is -1.60. The van der Waals surface area contributed by atoms with Gasteiger partial charge in [-0.2, -0.15) is 0 Å². The number of alkyl halides is 1. The molecule has 3 saturated heterocycles. The zero-order chi connectivity index (χ0) is 32.0. The summed E-state index contributed by atoms with van der Waals surface area (Å²) in [4.78, 5) is 36.7. The Balaban J connectivity index is 1.24. The molecule has 1 saturated carbocycles. The maximum Gasteiger partial charge on any atom is 0.243 e. The van der Waals surface area contributed by atoms with E-state index >= 15 is 0 Å². The van der Waals surface area contributed by atoms with Crippen molar-refractivity contribution in [2.45, 2.75) is 128 Å². The zero-order valence-corrected chi connectivity index (χ0v) is 29.0. The van der Waals surface area contributed by atoms with Crippen molar-refractivity contribution in [3.8, 4) is 0 Å². The summed E-state index contributed by atoms with van der Waals surface area (Å²) >= 11 is 2.05. The van der Waals surface area contributed by atoms with E-state index in [0.717, 1.165) is 31.3 Å². The van der Waals surface area contributed by atoms with Gasteiger partial charge in [-0.3, -0.25) is 14.4 Å². The highest BCUT2D eigenvalue weighted by atomic mass is 127. The third-order valence-electron chi connectivity index (χ3n) is 9.38. The van der Waals surface area contributed by atoms with Crippen LogP contribution in [0.15, 0.2) is 36.0 Å². The molecular weight excluding hydrogens is 675 g/mol. The molecular formula is C34H51IN2O7. The van der Waals surface area contributed by atoms with Gasteiger partial charge in [0.15, 0.2) is 0 Å². The van der Waals surface area contributed by atoms with E-state index in [2.05, 4.69) is 46.2 Å². The summed E-state index contributed by atoms with van der Waals surface area (Å²) in [5.74, 6) is 1.05. The minimum absolute atomic E-state index is 0.0175. The molecule has 8 atom stereocenters. The summed E-state index contributed by atoms with van der Waals surface area (Å²) in [6.45, 7) is 10.8. The van der Waals surface area contributed by atoms with Crippen LogP contribution >= 0.6 is 22.6 Å². The van der Waals surface area contributed by atoms with Crippen LogP contribution in [0.3, 0.4) is 0 Å². The third-order valence-corrected chi connectivity index (χ3v) is 10.1. The Morgan fingerprint density at radius 3 is 2.45 bits per heavy atom. The highest BCUT2D eigenvalue weighted by Crippen LogP contribution is 2.44. The predicted molar refractivity (Wildman–Crippen MR) is 177 cm³/mol. The van der Waals surface area contributed by atoms with Crippen LogP contribution in [0.25, 0.3) is 0 Å². The van der Waals surface area contributed by atoms with Crippen LogP contribution in [-0.4, -0.2) is 81.9 Å². The number of carbonyl (C=O) groups is 3. The third kappa shape index (κ3) is 9.95. The molecule has 44 heavy (non-hydrogen) atoms. The Morgan fingerprint density at radius 2 is 1.80 bits per heavy atom. The number of aliphatic hydroxyl groups is 1. The number of nitrogens with one attached hydrogen (secondary N) is 2. The molecule has 4 aliphatic rings. The van der Waals surface area contributed by atoms with Crippen LogP contribution in [0.5, 0.6) is 0 Å². The summed E-state index contributed by atoms with van der Waals surface area (Å²) < 4.78 is 18.7. The van der Waals surface area contributed by atoms with Gasteiger partial charge in [0.05, 0.1) is 35.4 Å². The summed E-state index contributed by atoms with van der Waals surface area (Å²) in [5.41, 5.74) is 0.413. The maximum atomic E-state index is 12.9. The highest BCUT2D eigenvalue weighted by molar-refractivity contribution is 14.1. The first-order valence-corrected chi connectivity index (χ1v) is 17.7. The molecule has 0 aromatic rings. The molecule has 4 fully saturated rings. The molecule has 3 N–H and O–H groups in total. The van der Waals surface area contributed by atoms with Gasteiger partial charge in [-0.25, -0.2) is 0 Å². The van der Waals surface area contributed by atoms with Crippen molar-refractivity contribution < 1.29 is 33.7 Å². The van der Waals surface area contributed by atoms with E-state index in [1.54, 1.807) is 6.08 Å². The topological polar surface area (TPSA) is 126 Å². The van der Waals surface area contributed by atoms with Crippen LogP contribution in [0, 0.1) is 17.8 Å². The summed E-state index contributed by atoms with van der Waals surface area (Å²) in [6, 6.07) is 0.166. The Bertz CT molecular complexity index is 1110. The molecule has 246 valence electrons. The van der Waals surface area contributed by atoms with E-state index in [1.807, 2.05) is 45.9 Å². The zero-order valence-electron chi connectivity index (χ0n) is 26.8. The minimum Gasteiger partial charge on any atom is -0.387 e. The van der Waals surface area contributed by atoms with Crippen molar-refractivity contribution in [1.82, 2.24) is 10.6 Å². The molecule has 1 spiro atoms. The maximum absolute atomic E-state index is 12.9. The molecule has 0 radical (unpaired) electrons. The quantitative estimate of drug-likeness (QED) is 0.0848. The smallest absolute Gasteiger partial charge is 0.243 e. The van der Waals surface area contributed by atoms with Gasteiger partial charge in [0.25, 0.3) is 0 Å². The van der Waals surface area contributed by atoms with Gasteiger partial charge < -0.3 is 30.0 Å². The molecule has 9 nitrogen and oxygen atoms in total. The van der Waals surface area contributed by atoms with E-state index in [1.165, 1.54) is 0 Å². The fraction of sp³-hybridized carbons (Fsp3) is 0.735. The molecule has 1 aliphatic carbocycles. The molecule has 2 amide bonds. The largest absolute Gasteiger partial charge is 0.387 e. The van der Waals surface area contributed by atoms with Crippen molar-refractivity contribution in [2.24, 2.45) is 17.8 Å². The fourth-order valence-corrected chi connectivity index (χ4v) is 6.81. The fourth-order valence-electron chi connectivity index (χ4n) is 6.59. The van der Waals surface area contributed by atoms with Crippen LogP contribution in [0.2, 0.25) is 0 Å². The summed E-state index contributed by atoms with van der Waals surface area (Å²) in [6.07, 6.45) is 12.5. The van der Waals surface area contributed by atoms with Crippen molar-refractivity contribution in [2.75, 3.05) is 11.0 Å². The number of hydrogen-bond acceptors (Lipinski definition) is 7. The first-order valence-electron chi connectivity index (χ1n) is 16.2. The van der Waals surface area contributed by atoms with E-state index in [4.69, 9.17) is 14.2 Å². The molecule has 0 bridgehead atoms. The van der Waals surface area contributed by atoms with Crippen LogP contribution in [0.4, 0.5) is 0 Å². The Kier molecular flexibility index (Phi) is 12.7. The average Bonchev–Trinajstić information content (AvgIpc) is 3.72. The second-order valence-electron chi connectivity index (χ2n) is 13.8. The van der Waals surface area contributed by atoms with Crippen molar-refractivity contribution >= 4 is 40.2 Å². The SMILES string of the molecule is CC(/C=C/[C@H]1O[C@H](CC(=O)CC2CC(NC(=O)CI)C2)C[C@@]2(CO2)[C@@H]1O)=C\C[C@@H]1O[C@H](C)[C@H](NC(=O)/C=C\C(C)C)C[C@@H]1C. The number of hydrogen-bond donors (Lipinski definition) is 3. The number of allylic oxidation sites excluding steroid dienone is 3. The number of epoxide rings is 1. The number of carbonyl (C=O) groups excluding carboxylic acids is 3. The van der Waals surface area contributed by atoms with E-state index in [9.17, 15) is 19.5 Å². The molecule has 3 aliphatic heterocycles. The van der Waals surface area contributed by atoms with Crippen LogP contribution in [-0.2, 0) is 28.6 Å². The lowest BCUT2D eigenvalue weighted by molar-refractivity contribution is -0.145. The number of Topliss-reactive ketones (excluding diaryl/α,β-unsaturated/α-hetero) is 1. The molecule has 0 aromatic heterocycles. The molecule has 4 rings (SSSR count). The van der Waals surface area contributed by atoms with Gasteiger partial charge in [-0.05, 0) is 63.4 Å². The molecule has 0 aromatic carbocycles. The van der Waals surface area contributed by atoms with Crippen molar-refractivity contribution in [1.29, 1.82) is 0 Å². The number of halogens is 1. The second-order valence-corrected chi connectivity index (χ2v) is 14.5. The lowest BCUT2D eigenvalue weighted by Crippen LogP contribution is -2.50. The van der Waals surface area contributed by atoms with Crippen LogP contribution in [0.1, 0.15) is 79.6 Å². The van der Waals surface area contributed by atoms with Crippen molar-refractivity contribution in [3.05, 3.63) is 36.0 Å². The van der Waals surface area contributed by atoms with Gasteiger partial charge in [0.1, 0.15) is 23.6 Å². The van der Waals surface area contributed by atoms with Gasteiger partial charge in [0, 0.05) is 25.3 Å². The number of rotatable bonds is 13. The number of ketones is 1. The summed E-state index contributed by atoms with van der Waals surface area (Å²) in [7, 11) is 0. The van der Waals surface area contributed by atoms with Gasteiger partial charge in [-0.15, -0.1) is 0 Å². The van der Waals surface area contributed by atoms with Gasteiger partial charge >= 0.3 is 0 Å². The average molecular weight is 727 g/mol. The lowest BCUT2D eigenvalue weighted by Gasteiger charge is -2.39. The first-order chi connectivity index (χ1) is 20.9. The summed E-state index contributed by atoms with van der Waals surface area (Å²) in [5, 5.41) is 17.1. The molecule has 0 unspecified atom stereocenters. The van der Waals surface area contributed by atoms with E-state index in [-0.39, 0.29) is 53.9 Å². The van der Waals surface area contributed by atoms with E-state index in [0.29, 0.717) is 42.1 Å². The molecule has 3 heterocycles. The Morgan fingerprint density at radius 1 is 1.07 bits per heavy atom. The van der Waals surface area contributed by atoms with Gasteiger partial charge in [0.2, 0.25) is 11.8 Å². The monoisotopic (exact) mass is 726 g/mol. The van der Waals surface area contributed by atoms with Crippen LogP contribution < -0.4 is 10.6 Å². The van der Waals surface area contributed by atoms with E-state index < -0.39 is 17.8 Å². The lowest BCUT2D eigenvalue weighted by atomic mass is 9.76. The molecule has 10 heteroatoms. The Labute approximate surface area is 276 Å². The second kappa shape index (κ2) is 15.8. The number of amides is 2. The normalized spacial score (nSPS) is 37.4. The first kappa shape index (κ1) is 35.3. The predicted octanol–water partition coefficient (Wildman–Crippen LogP) is 4.36. The highest BCUT2D eigenvalue weighted by Gasteiger charge is 2.58.